The van der Waals surface area contributed by atoms with Crippen molar-refractivity contribution in [2.24, 2.45) is 0 Å². The lowest BCUT2D eigenvalue weighted by Crippen LogP contribution is -2.17. The number of rotatable bonds is 17. The van der Waals surface area contributed by atoms with E-state index in [0.717, 1.165) is 11.1 Å². The van der Waals surface area contributed by atoms with Crippen LogP contribution in [0.4, 0.5) is 0 Å². The van der Waals surface area contributed by atoms with Crippen LogP contribution in [0.25, 0.3) is 0 Å². The topological polar surface area (TPSA) is 81.7 Å². The van der Waals surface area contributed by atoms with Gasteiger partial charge in [0.05, 0.1) is 31.5 Å². The third kappa shape index (κ3) is 9.24. The maximum absolute atomic E-state index is 13.4. The second kappa shape index (κ2) is 17.3. The summed E-state index contributed by atoms with van der Waals surface area (Å²) in [4.78, 5) is 13.4. The first-order chi connectivity index (χ1) is 19.5. The molecule has 0 heterocycles. The number of hydrogen-bond donors (Lipinski definition) is 0. The van der Waals surface area contributed by atoms with E-state index in [-0.39, 0.29) is 40.7 Å². The molecule has 0 aliphatic rings. The molecular formula is C29H31Cl3O8. The van der Waals surface area contributed by atoms with E-state index < -0.39 is 17.5 Å². The van der Waals surface area contributed by atoms with Crippen molar-refractivity contribution in [3.8, 4) is 11.5 Å². The zero-order valence-corrected chi connectivity index (χ0v) is 24.4. The SMILES string of the molecule is COCCOCOc1cc(C(Cl)C(=O)OC(c2ccccc2)c2ccccc2)c(Cl)c(Cl)c1OCOCCOC. The molecule has 3 aromatic rings. The molecule has 0 saturated carbocycles. The molecule has 0 aromatic heterocycles. The molecule has 0 N–H and O–H groups in total. The molecule has 40 heavy (non-hydrogen) atoms. The number of esters is 1. The van der Waals surface area contributed by atoms with Gasteiger partial charge in [0, 0.05) is 19.8 Å². The number of benzene rings is 3. The highest BCUT2D eigenvalue weighted by Gasteiger charge is 2.30. The number of methoxy groups -OCH3 is 2. The molecular weight excluding hydrogens is 583 g/mol. The minimum Gasteiger partial charge on any atom is -0.464 e. The Labute approximate surface area is 248 Å². The Morgan fingerprint density at radius 1 is 0.750 bits per heavy atom. The fourth-order valence-corrected chi connectivity index (χ4v) is 4.31. The van der Waals surface area contributed by atoms with Gasteiger partial charge in [0.25, 0.3) is 0 Å². The van der Waals surface area contributed by atoms with Gasteiger partial charge in [0.15, 0.2) is 36.6 Å². The van der Waals surface area contributed by atoms with Gasteiger partial charge in [-0.25, -0.2) is 0 Å². The Kier molecular flexibility index (Phi) is 13.8. The first-order valence-corrected chi connectivity index (χ1v) is 13.5. The summed E-state index contributed by atoms with van der Waals surface area (Å²) in [7, 11) is 3.12. The summed E-state index contributed by atoms with van der Waals surface area (Å²) in [6, 6.07) is 20.2. The van der Waals surface area contributed by atoms with Crippen LogP contribution >= 0.6 is 34.8 Å². The molecule has 1 atom stereocenters. The van der Waals surface area contributed by atoms with Crippen molar-refractivity contribution < 1.29 is 38.0 Å². The zero-order valence-electron chi connectivity index (χ0n) is 22.1. The summed E-state index contributed by atoms with van der Waals surface area (Å²) >= 11 is 19.8. The number of halogens is 3. The van der Waals surface area contributed by atoms with Crippen LogP contribution in [0.5, 0.6) is 11.5 Å². The van der Waals surface area contributed by atoms with Gasteiger partial charge >= 0.3 is 5.97 Å². The van der Waals surface area contributed by atoms with E-state index in [9.17, 15) is 4.79 Å². The Morgan fingerprint density at radius 2 is 1.27 bits per heavy atom. The van der Waals surface area contributed by atoms with E-state index >= 15 is 0 Å². The fraction of sp³-hybridized carbons (Fsp3) is 0.345. The monoisotopic (exact) mass is 612 g/mol. The third-order valence-corrected chi connectivity index (χ3v) is 6.80. The maximum Gasteiger partial charge on any atom is 0.329 e. The van der Waals surface area contributed by atoms with Crippen molar-refractivity contribution >= 4 is 40.8 Å². The zero-order chi connectivity index (χ0) is 28.7. The van der Waals surface area contributed by atoms with Crippen LogP contribution < -0.4 is 9.47 Å². The Balaban J connectivity index is 1.85. The highest BCUT2D eigenvalue weighted by molar-refractivity contribution is 6.44. The van der Waals surface area contributed by atoms with E-state index in [1.807, 2.05) is 60.7 Å². The number of alkyl halides is 1. The van der Waals surface area contributed by atoms with Crippen molar-refractivity contribution in [1.29, 1.82) is 0 Å². The molecule has 0 aliphatic carbocycles. The molecule has 216 valence electrons. The number of carbonyl (C=O) groups excluding carboxylic acids is 1. The predicted molar refractivity (Wildman–Crippen MR) is 153 cm³/mol. The largest absolute Gasteiger partial charge is 0.464 e. The minimum atomic E-state index is -1.32. The number of hydrogen-bond acceptors (Lipinski definition) is 8. The van der Waals surface area contributed by atoms with E-state index in [2.05, 4.69) is 0 Å². The lowest BCUT2D eigenvalue weighted by molar-refractivity contribution is -0.147. The van der Waals surface area contributed by atoms with Crippen LogP contribution in [-0.4, -0.2) is 60.2 Å². The first kappa shape index (κ1) is 32.0. The third-order valence-electron chi connectivity index (χ3n) is 5.52. The van der Waals surface area contributed by atoms with Gasteiger partial charge in [-0.1, -0.05) is 83.9 Å². The van der Waals surface area contributed by atoms with Crippen LogP contribution in [0.2, 0.25) is 10.0 Å². The summed E-state index contributed by atoms with van der Waals surface area (Å²) in [6.07, 6.45) is -0.692. The molecule has 3 rings (SSSR count). The van der Waals surface area contributed by atoms with E-state index in [1.54, 1.807) is 14.2 Å². The van der Waals surface area contributed by atoms with Crippen LogP contribution in [0, 0.1) is 0 Å². The van der Waals surface area contributed by atoms with E-state index in [4.69, 9.17) is 68.0 Å². The summed E-state index contributed by atoms with van der Waals surface area (Å²) < 4.78 is 38.1. The van der Waals surface area contributed by atoms with Crippen LogP contribution in [-0.2, 0) is 28.5 Å². The summed E-state index contributed by atoms with van der Waals surface area (Å²) in [6.45, 7) is 1.06. The fourth-order valence-electron chi connectivity index (χ4n) is 3.53. The highest BCUT2D eigenvalue weighted by atomic mass is 35.5. The molecule has 0 fully saturated rings. The predicted octanol–water partition coefficient (Wildman–Crippen LogP) is 6.60. The number of ether oxygens (including phenoxy) is 7. The average Bonchev–Trinajstić information content (AvgIpc) is 2.98. The molecule has 0 bridgehead atoms. The molecule has 1 unspecified atom stereocenters. The second-order valence-corrected chi connectivity index (χ2v) is 9.44. The Bertz CT molecular complexity index is 1140. The Hall–Kier alpha value is -2.56. The van der Waals surface area contributed by atoms with Gasteiger partial charge in [-0.05, 0) is 17.2 Å². The molecule has 8 nitrogen and oxygen atoms in total. The average molecular weight is 614 g/mol. The summed E-state index contributed by atoms with van der Waals surface area (Å²) in [5, 5.41) is -1.32. The van der Waals surface area contributed by atoms with Crippen molar-refractivity contribution in [2.45, 2.75) is 11.5 Å². The van der Waals surface area contributed by atoms with Crippen molar-refractivity contribution in [3.05, 3.63) is 93.5 Å². The number of carbonyl (C=O) groups is 1. The molecule has 0 saturated heterocycles. The molecule has 0 aliphatic heterocycles. The minimum absolute atomic E-state index is 0.00846. The quantitative estimate of drug-likeness (QED) is 0.0729. The van der Waals surface area contributed by atoms with Crippen LogP contribution in [0.1, 0.15) is 28.2 Å². The van der Waals surface area contributed by atoms with Crippen molar-refractivity contribution in [1.82, 2.24) is 0 Å². The second-order valence-electron chi connectivity index (χ2n) is 8.25. The summed E-state index contributed by atoms with van der Waals surface area (Å²) in [5.74, 6) is -0.471. The van der Waals surface area contributed by atoms with Crippen LogP contribution in [0.15, 0.2) is 66.7 Å². The van der Waals surface area contributed by atoms with Gasteiger partial charge in [0.2, 0.25) is 0 Å². The molecule has 11 heteroatoms. The Morgan fingerprint density at radius 3 is 1.80 bits per heavy atom. The molecule has 0 spiro atoms. The lowest BCUT2D eigenvalue weighted by atomic mass is 10.0. The van der Waals surface area contributed by atoms with Gasteiger partial charge < -0.3 is 33.2 Å². The van der Waals surface area contributed by atoms with Gasteiger partial charge in [-0.2, -0.15) is 0 Å². The normalized spacial score (nSPS) is 11.8. The van der Waals surface area contributed by atoms with E-state index in [1.165, 1.54) is 6.07 Å². The van der Waals surface area contributed by atoms with E-state index in [0.29, 0.717) is 26.4 Å². The van der Waals surface area contributed by atoms with Crippen molar-refractivity contribution in [2.75, 3.05) is 54.2 Å². The highest BCUT2D eigenvalue weighted by Crippen LogP contribution is 2.46. The first-order valence-electron chi connectivity index (χ1n) is 12.3. The smallest absolute Gasteiger partial charge is 0.329 e. The van der Waals surface area contributed by atoms with Gasteiger partial charge in [-0.15, -0.1) is 11.6 Å². The maximum atomic E-state index is 13.4. The molecule has 3 aromatic carbocycles. The van der Waals surface area contributed by atoms with Crippen molar-refractivity contribution in [3.63, 3.8) is 0 Å². The van der Waals surface area contributed by atoms with Gasteiger partial charge in [-0.3, -0.25) is 4.79 Å². The molecule has 0 amide bonds. The molecule has 0 radical (unpaired) electrons. The van der Waals surface area contributed by atoms with Crippen LogP contribution in [0.3, 0.4) is 0 Å². The standard InChI is InChI=1S/C29H31Cl3O8/c1-34-13-15-36-18-38-23-17-22(24(30)26(32)28(23)39-19-37-16-14-35-2)25(31)29(33)40-27(20-9-5-3-6-10-20)21-11-7-4-8-12-21/h3-12,17,25,27H,13-16,18-19H2,1-2H3. The summed E-state index contributed by atoms with van der Waals surface area (Å²) in [5.41, 5.74) is 1.74. The van der Waals surface area contributed by atoms with Gasteiger partial charge in [0.1, 0.15) is 5.02 Å². The lowest BCUT2D eigenvalue weighted by Gasteiger charge is -2.22.